The van der Waals surface area contributed by atoms with Gasteiger partial charge < -0.3 is 10.2 Å². The van der Waals surface area contributed by atoms with Crippen LogP contribution in [-0.4, -0.2) is 49.6 Å². The summed E-state index contributed by atoms with van der Waals surface area (Å²) in [6, 6.07) is 5.21. The fourth-order valence-electron chi connectivity index (χ4n) is 2.26. The largest absolute Gasteiger partial charge is 0.315 e. The summed E-state index contributed by atoms with van der Waals surface area (Å²) in [6.07, 6.45) is 0. The van der Waals surface area contributed by atoms with Crippen molar-refractivity contribution in [3.63, 3.8) is 0 Å². The van der Waals surface area contributed by atoms with E-state index in [1.807, 2.05) is 18.4 Å². The first-order valence-corrected chi connectivity index (χ1v) is 7.15. The van der Waals surface area contributed by atoms with Crippen molar-refractivity contribution < 1.29 is 0 Å². The molecule has 0 aromatic carbocycles. The van der Waals surface area contributed by atoms with Crippen molar-refractivity contribution in [1.29, 1.82) is 0 Å². The Kier molecular flexibility index (Phi) is 4.56. The van der Waals surface area contributed by atoms with Gasteiger partial charge in [-0.15, -0.1) is 11.3 Å². The minimum atomic E-state index is 0.681. The van der Waals surface area contributed by atoms with E-state index in [0.717, 1.165) is 13.1 Å². The molecule has 0 spiro atoms. The highest BCUT2D eigenvalue weighted by atomic mass is 32.1. The first kappa shape index (κ1) is 13.0. The van der Waals surface area contributed by atoms with Crippen molar-refractivity contribution in [2.45, 2.75) is 26.1 Å². The van der Waals surface area contributed by atoms with Gasteiger partial charge in [0.2, 0.25) is 0 Å². The van der Waals surface area contributed by atoms with Crippen molar-refractivity contribution in [3.8, 4) is 0 Å². The molecule has 0 amide bonds. The fraction of sp³-hybridized carbons (Fsp3) is 0.692. The number of thiophene rings is 1. The van der Waals surface area contributed by atoms with Gasteiger partial charge in [0.25, 0.3) is 0 Å². The average Bonchev–Trinajstić information content (AvgIpc) is 2.72. The lowest BCUT2D eigenvalue weighted by molar-refractivity contribution is 0.101. The highest BCUT2D eigenvalue weighted by Gasteiger charge is 2.20. The van der Waals surface area contributed by atoms with Crippen LogP contribution < -0.4 is 5.32 Å². The van der Waals surface area contributed by atoms with E-state index >= 15 is 0 Å². The van der Waals surface area contributed by atoms with Gasteiger partial charge in [-0.1, -0.05) is 0 Å². The molecular formula is C13H23N3S. The Morgan fingerprint density at radius 2 is 2.12 bits per heavy atom. The van der Waals surface area contributed by atoms with E-state index in [1.165, 1.54) is 29.4 Å². The van der Waals surface area contributed by atoms with E-state index < -0.39 is 0 Å². The molecule has 1 aromatic rings. The van der Waals surface area contributed by atoms with Crippen LogP contribution in [0.5, 0.6) is 0 Å². The molecule has 1 aliphatic heterocycles. The van der Waals surface area contributed by atoms with E-state index in [2.05, 4.69) is 41.2 Å². The molecule has 1 unspecified atom stereocenters. The standard InChI is InChI=1S/C13H23N3S/c1-11-9-16(7-6-15(11)3)10-13-5-4-12(17-13)8-14-2/h4-5,11,14H,6-10H2,1-3H3. The Labute approximate surface area is 108 Å². The zero-order valence-corrected chi connectivity index (χ0v) is 11.9. The molecule has 1 N–H and O–H groups in total. The lowest BCUT2D eigenvalue weighted by Crippen LogP contribution is -2.49. The van der Waals surface area contributed by atoms with Gasteiger partial charge in [-0.3, -0.25) is 4.90 Å². The van der Waals surface area contributed by atoms with E-state index in [0.29, 0.717) is 6.04 Å². The third kappa shape index (κ3) is 3.52. The highest BCUT2D eigenvalue weighted by molar-refractivity contribution is 7.11. The van der Waals surface area contributed by atoms with Gasteiger partial charge in [0, 0.05) is 48.5 Å². The predicted octanol–water partition coefficient (Wildman–Crippen LogP) is 1.60. The van der Waals surface area contributed by atoms with Crippen LogP contribution in [0.4, 0.5) is 0 Å². The molecule has 1 saturated heterocycles. The summed E-state index contributed by atoms with van der Waals surface area (Å²) in [6.45, 7) is 8.00. The summed E-state index contributed by atoms with van der Waals surface area (Å²) in [5.41, 5.74) is 0. The summed E-state index contributed by atoms with van der Waals surface area (Å²) >= 11 is 1.94. The normalized spacial score (nSPS) is 23.1. The van der Waals surface area contributed by atoms with Crippen LogP contribution in [0.15, 0.2) is 12.1 Å². The number of rotatable bonds is 4. The second-order valence-corrected chi connectivity index (χ2v) is 6.22. The molecule has 0 saturated carbocycles. The summed E-state index contributed by atoms with van der Waals surface area (Å²) < 4.78 is 0. The minimum absolute atomic E-state index is 0.681. The van der Waals surface area contributed by atoms with Crippen LogP contribution in [0, 0.1) is 0 Å². The maximum atomic E-state index is 3.20. The lowest BCUT2D eigenvalue weighted by atomic mass is 10.2. The molecule has 0 aliphatic carbocycles. The molecule has 2 heterocycles. The van der Waals surface area contributed by atoms with E-state index in [-0.39, 0.29) is 0 Å². The average molecular weight is 253 g/mol. The molecule has 0 bridgehead atoms. The van der Waals surface area contributed by atoms with Crippen molar-refractivity contribution in [1.82, 2.24) is 15.1 Å². The van der Waals surface area contributed by atoms with E-state index in [9.17, 15) is 0 Å². The Balaban J connectivity index is 1.87. The summed E-state index contributed by atoms with van der Waals surface area (Å²) in [5.74, 6) is 0. The molecule has 2 rings (SSSR count). The van der Waals surface area contributed by atoms with Crippen molar-refractivity contribution in [2.24, 2.45) is 0 Å². The maximum absolute atomic E-state index is 3.20. The molecule has 0 radical (unpaired) electrons. The zero-order valence-electron chi connectivity index (χ0n) is 11.1. The topological polar surface area (TPSA) is 18.5 Å². The zero-order chi connectivity index (χ0) is 12.3. The smallest absolute Gasteiger partial charge is 0.0329 e. The molecule has 4 heteroatoms. The van der Waals surface area contributed by atoms with Gasteiger partial charge in [-0.05, 0) is 33.2 Å². The molecule has 96 valence electrons. The quantitative estimate of drug-likeness (QED) is 0.879. The second-order valence-electron chi connectivity index (χ2n) is 4.96. The summed E-state index contributed by atoms with van der Waals surface area (Å²) in [7, 11) is 4.22. The number of nitrogens with zero attached hydrogens (tertiary/aromatic N) is 2. The van der Waals surface area contributed by atoms with Gasteiger partial charge >= 0.3 is 0 Å². The third-order valence-corrected chi connectivity index (χ3v) is 4.56. The Morgan fingerprint density at radius 3 is 2.82 bits per heavy atom. The summed E-state index contributed by atoms with van der Waals surface area (Å²) in [5, 5.41) is 3.20. The third-order valence-electron chi connectivity index (χ3n) is 3.49. The molecule has 1 atom stereocenters. The number of piperazine rings is 1. The first-order valence-electron chi connectivity index (χ1n) is 6.34. The molecule has 1 aliphatic rings. The lowest BCUT2D eigenvalue weighted by Gasteiger charge is -2.37. The van der Waals surface area contributed by atoms with Gasteiger partial charge in [-0.25, -0.2) is 0 Å². The summed E-state index contributed by atoms with van der Waals surface area (Å²) in [4.78, 5) is 7.94. The predicted molar refractivity (Wildman–Crippen MR) is 74.5 cm³/mol. The van der Waals surface area contributed by atoms with Gasteiger partial charge in [0.1, 0.15) is 0 Å². The van der Waals surface area contributed by atoms with Crippen molar-refractivity contribution in [3.05, 3.63) is 21.9 Å². The van der Waals surface area contributed by atoms with Crippen LogP contribution in [-0.2, 0) is 13.1 Å². The number of hydrogen-bond acceptors (Lipinski definition) is 4. The Bertz CT molecular complexity index is 350. The minimum Gasteiger partial charge on any atom is -0.315 e. The maximum Gasteiger partial charge on any atom is 0.0329 e. The SMILES string of the molecule is CNCc1ccc(CN2CCN(C)C(C)C2)s1. The van der Waals surface area contributed by atoms with Crippen LogP contribution >= 0.6 is 11.3 Å². The Hall–Kier alpha value is -0.420. The van der Waals surface area contributed by atoms with Crippen molar-refractivity contribution in [2.75, 3.05) is 33.7 Å². The second kappa shape index (κ2) is 5.96. The van der Waals surface area contributed by atoms with Crippen LogP contribution in [0.2, 0.25) is 0 Å². The van der Waals surface area contributed by atoms with Gasteiger partial charge in [-0.2, -0.15) is 0 Å². The van der Waals surface area contributed by atoms with Gasteiger partial charge in [0.15, 0.2) is 0 Å². The molecular weight excluding hydrogens is 230 g/mol. The Morgan fingerprint density at radius 1 is 1.35 bits per heavy atom. The molecule has 1 aromatic heterocycles. The monoisotopic (exact) mass is 253 g/mol. The van der Waals surface area contributed by atoms with Gasteiger partial charge in [0.05, 0.1) is 0 Å². The number of hydrogen-bond donors (Lipinski definition) is 1. The molecule has 3 nitrogen and oxygen atoms in total. The number of nitrogens with one attached hydrogen (secondary N) is 1. The van der Waals surface area contributed by atoms with Crippen LogP contribution in [0.25, 0.3) is 0 Å². The fourth-order valence-corrected chi connectivity index (χ4v) is 3.34. The molecule has 1 fully saturated rings. The first-order chi connectivity index (χ1) is 8.19. The highest BCUT2D eigenvalue weighted by Crippen LogP contribution is 2.19. The van der Waals surface area contributed by atoms with E-state index in [1.54, 1.807) is 0 Å². The van der Waals surface area contributed by atoms with Crippen LogP contribution in [0.3, 0.4) is 0 Å². The molecule has 17 heavy (non-hydrogen) atoms. The number of likely N-dealkylation sites (N-methyl/N-ethyl adjacent to an activating group) is 1. The van der Waals surface area contributed by atoms with E-state index in [4.69, 9.17) is 0 Å². The van der Waals surface area contributed by atoms with Crippen molar-refractivity contribution >= 4 is 11.3 Å². The van der Waals surface area contributed by atoms with Crippen LogP contribution in [0.1, 0.15) is 16.7 Å².